The molecule has 1 aromatic heterocycles. The summed E-state index contributed by atoms with van der Waals surface area (Å²) >= 11 is 0. The Morgan fingerprint density at radius 2 is 1.70 bits per heavy atom. The van der Waals surface area contributed by atoms with Crippen LogP contribution in [-0.2, 0) is 13.6 Å². The highest BCUT2D eigenvalue weighted by molar-refractivity contribution is 7.48. The van der Waals surface area contributed by atoms with E-state index >= 15 is 0 Å². The van der Waals surface area contributed by atoms with E-state index in [0.717, 1.165) is 14.2 Å². The Bertz CT molecular complexity index is 717. The first-order chi connectivity index (χ1) is 9.54. The number of benzene rings is 1. The van der Waals surface area contributed by atoms with Gasteiger partial charge in [-0.05, 0) is 12.1 Å². The average molecular weight is 299 g/mol. The quantitative estimate of drug-likeness (QED) is 0.853. The first-order valence-corrected chi connectivity index (χ1v) is 7.11. The monoisotopic (exact) mass is 299 g/mol. The normalized spacial score (nSPS) is 11.6. The molecule has 0 saturated carbocycles. The summed E-state index contributed by atoms with van der Waals surface area (Å²) in [5.74, 6) is -0.0862. The Morgan fingerprint density at radius 3 is 2.30 bits per heavy atom. The molecular weight excluding hydrogens is 285 g/mol. The van der Waals surface area contributed by atoms with Crippen molar-refractivity contribution >= 4 is 18.7 Å². The molecule has 0 bridgehead atoms. The molecule has 0 aliphatic rings. The van der Waals surface area contributed by atoms with Gasteiger partial charge in [0.2, 0.25) is 5.75 Å². The van der Waals surface area contributed by atoms with Gasteiger partial charge in [-0.15, -0.1) is 0 Å². The zero-order chi connectivity index (χ0) is 14.8. The number of aromatic amines is 1. The van der Waals surface area contributed by atoms with E-state index in [9.17, 15) is 9.36 Å². The van der Waals surface area contributed by atoms with Crippen LogP contribution in [-0.4, -0.2) is 26.3 Å². The van der Waals surface area contributed by atoms with E-state index in [0.29, 0.717) is 10.9 Å². The lowest BCUT2D eigenvalue weighted by Crippen LogP contribution is -2.13. The van der Waals surface area contributed by atoms with Crippen LogP contribution in [0.5, 0.6) is 11.5 Å². The van der Waals surface area contributed by atoms with Gasteiger partial charge in [-0.25, -0.2) is 4.57 Å². The average Bonchev–Trinajstić information content (AvgIpc) is 2.48. The molecule has 0 amide bonds. The number of phosphoric ester groups is 1. The van der Waals surface area contributed by atoms with Crippen LogP contribution in [0, 0.1) is 0 Å². The van der Waals surface area contributed by atoms with Gasteiger partial charge in [0.05, 0.1) is 12.6 Å². The van der Waals surface area contributed by atoms with Crippen molar-refractivity contribution in [1.82, 2.24) is 4.98 Å². The van der Waals surface area contributed by atoms with E-state index in [1.165, 1.54) is 7.11 Å². The Labute approximate surface area is 115 Å². The highest BCUT2D eigenvalue weighted by Crippen LogP contribution is 2.49. The lowest BCUT2D eigenvalue weighted by atomic mass is 10.2. The number of rotatable bonds is 5. The lowest BCUT2D eigenvalue weighted by Gasteiger charge is -2.16. The minimum Gasteiger partial charge on any atom is -0.492 e. The van der Waals surface area contributed by atoms with Gasteiger partial charge in [0.1, 0.15) is 0 Å². The van der Waals surface area contributed by atoms with Crippen molar-refractivity contribution in [2.45, 2.75) is 0 Å². The fraction of sp³-hybridized carbons (Fsp3) is 0.250. The van der Waals surface area contributed by atoms with Gasteiger partial charge in [0.15, 0.2) is 5.75 Å². The maximum absolute atomic E-state index is 12.0. The predicted octanol–water partition coefficient (Wildman–Crippen LogP) is 2.32. The SMILES string of the molecule is COc1c(OP(=O)(OC)OC)c(=O)[nH]c2ccccc12. The van der Waals surface area contributed by atoms with Crippen LogP contribution in [0.2, 0.25) is 0 Å². The third kappa shape index (κ3) is 2.56. The molecule has 0 unspecified atom stereocenters. The minimum absolute atomic E-state index is 0.165. The lowest BCUT2D eigenvalue weighted by molar-refractivity contribution is 0.208. The van der Waals surface area contributed by atoms with Crippen LogP contribution in [0.25, 0.3) is 10.9 Å². The zero-order valence-corrected chi connectivity index (χ0v) is 12.1. The Kier molecular flexibility index (Phi) is 4.13. The fourth-order valence-corrected chi connectivity index (χ4v) is 2.43. The van der Waals surface area contributed by atoms with Crippen molar-refractivity contribution in [2.75, 3.05) is 21.3 Å². The van der Waals surface area contributed by atoms with Crippen molar-refractivity contribution in [3.05, 3.63) is 34.6 Å². The molecule has 0 aliphatic carbocycles. The Balaban J connectivity index is 2.67. The standard InChI is InChI=1S/C12H14NO6P/c1-16-10-8-6-4-5-7-9(8)13-12(14)11(10)19-20(15,17-2)18-3/h4-7H,1-3H3,(H,13,14). The molecule has 1 aromatic carbocycles. The molecule has 0 saturated heterocycles. The number of H-pyrrole nitrogens is 1. The third-order valence-electron chi connectivity index (χ3n) is 2.69. The van der Waals surface area contributed by atoms with Crippen LogP contribution < -0.4 is 14.8 Å². The molecule has 0 spiro atoms. The Hall–Kier alpha value is -1.82. The molecule has 0 fully saturated rings. The molecule has 20 heavy (non-hydrogen) atoms. The van der Waals surface area contributed by atoms with Gasteiger partial charge < -0.3 is 14.2 Å². The number of para-hydroxylation sites is 1. The summed E-state index contributed by atoms with van der Waals surface area (Å²) in [4.78, 5) is 14.6. The first-order valence-electron chi connectivity index (χ1n) is 5.64. The number of ether oxygens (including phenoxy) is 1. The third-order valence-corrected chi connectivity index (χ3v) is 3.99. The van der Waals surface area contributed by atoms with Crippen molar-refractivity contribution in [3.8, 4) is 11.5 Å². The van der Waals surface area contributed by atoms with E-state index in [1.807, 2.05) is 0 Å². The molecule has 7 nitrogen and oxygen atoms in total. The number of nitrogens with one attached hydrogen (secondary N) is 1. The van der Waals surface area contributed by atoms with Crippen LogP contribution >= 0.6 is 7.82 Å². The summed E-state index contributed by atoms with van der Waals surface area (Å²) in [5.41, 5.74) is -0.0127. The minimum atomic E-state index is -3.85. The molecule has 0 aliphatic heterocycles. The molecule has 0 atom stereocenters. The molecule has 2 aromatic rings. The summed E-state index contributed by atoms with van der Waals surface area (Å²) in [6.45, 7) is 0. The van der Waals surface area contributed by atoms with Crippen LogP contribution in [0.4, 0.5) is 0 Å². The highest BCUT2D eigenvalue weighted by atomic mass is 31.2. The number of hydrogen-bond donors (Lipinski definition) is 1. The summed E-state index contributed by atoms with van der Waals surface area (Å²) < 4.78 is 31.6. The predicted molar refractivity (Wildman–Crippen MR) is 73.4 cm³/mol. The largest absolute Gasteiger partial charge is 0.529 e. The molecule has 108 valence electrons. The van der Waals surface area contributed by atoms with E-state index < -0.39 is 13.4 Å². The number of aromatic nitrogens is 1. The van der Waals surface area contributed by atoms with Crippen LogP contribution in [0.15, 0.2) is 29.1 Å². The fourth-order valence-electron chi connectivity index (χ4n) is 1.74. The van der Waals surface area contributed by atoms with Gasteiger partial charge in [-0.2, -0.15) is 0 Å². The van der Waals surface area contributed by atoms with E-state index in [4.69, 9.17) is 9.26 Å². The van der Waals surface area contributed by atoms with Gasteiger partial charge in [-0.3, -0.25) is 13.8 Å². The molecule has 2 rings (SSSR count). The topological polar surface area (TPSA) is 86.8 Å². The second-order valence-corrected chi connectivity index (χ2v) is 5.57. The summed E-state index contributed by atoms with van der Waals surface area (Å²) in [6, 6.07) is 7.00. The summed E-state index contributed by atoms with van der Waals surface area (Å²) in [6.07, 6.45) is 0. The number of fused-ring (bicyclic) bond motifs is 1. The van der Waals surface area contributed by atoms with Crippen molar-refractivity contribution in [1.29, 1.82) is 0 Å². The van der Waals surface area contributed by atoms with Crippen LogP contribution in [0.1, 0.15) is 0 Å². The summed E-state index contributed by atoms with van der Waals surface area (Å²) in [7, 11) is -0.143. The maximum atomic E-state index is 12.0. The number of methoxy groups -OCH3 is 1. The Morgan fingerprint density at radius 1 is 1.05 bits per heavy atom. The highest BCUT2D eigenvalue weighted by Gasteiger charge is 2.29. The smallest absolute Gasteiger partial charge is 0.492 e. The second kappa shape index (κ2) is 5.66. The van der Waals surface area contributed by atoms with Crippen molar-refractivity contribution in [2.24, 2.45) is 0 Å². The molecule has 8 heteroatoms. The molecular formula is C12H14NO6P. The number of hydrogen-bond acceptors (Lipinski definition) is 6. The van der Waals surface area contributed by atoms with E-state index in [1.54, 1.807) is 24.3 Å². The maximum Gasteiger partial charge on any atom is 0.529 e. The summed E-state index contributed by atoms with van der Waals surface area (Å²) in [5, 5.41) is 0.614. The zero-order valence-electron chi connectivity index (χ0n) is 11.2. The first kappa shape index (κ1) is 14.6. The van der Waals surface area contributed by atoms with Gasteiger partial charge >= 0.3 is 7.82 Å². The van der Waals surface area contributed by atoms with Gasteiger partial charge in [0.25, 0.3) is 5.56 Å². The van der Waals surface area contributed by atoms with Gasteiger partial charge in [-0.1, -0.05) is 12.1 Å². The number of pyridine rings is 1. The van der Waals surface area contributed by atoms with E-state index in [-0.39, 0.29) is 11.5 Å². The molecule has 1 heterocycles. The van der Waals surface area contributed by atoms with Gasteiger partial charge in [0, 0.05) is 19.6 Å². The second-order valence-electron chi connectivity index (χ2n) is 3.77. The van der Waals surface area contributed by atoms with Crippen molar-refractivity contribution in [3.63, 3.8) is 0 Å². The molecule has 1 N–H and O–H groups in total. The number of phosphoric acid groups is 1. The van der Waals surface area contributed by atoms with E-state index in [2.05, 4.69) is 14.0 Å². The van der Waals surface area contributed by atoms with Crippen LogP contribution in [0.3, 0.4) is 0 Å². The molecule has 0 radical (unpaired) electrons. The van der Waals surface area contributed by atoms with Crippen molar-refractivity contribution < 1.29 is 22.9 Å².